The van der Waals surface area contributed by atoms with Crippen molar-refractivity contribution in [3.63, 3.8) is 0 Å². The van der Waals surface area contributed by atoms with Gasteiger partial charge in [-0.05, 0) is 87.6 Å². The molecule has 0 radical (unpaired) electrons. The Morgan fingerprint density at radius 1 is 0.522 bits per heavy atom. The third-order valence-corrected chi connectivity index (χ3v) is 10.4. The van der Waals surface area contributed by atoms with Crippen LogP contribution in [0.15, 0.2) is 115 Å². The Bertz CT molecular complexity index is 1480. The van der Waals surface area contributed by atoms with Gasteiger partial charge in [0.1, 0.15) is 0 Å². The summed E-state index contributed by atoms with van der Waals surface area (Å²) in [4.78, 5) is 5.06. The summed E-state index contributed by atoms with van der Waals surface area (Å²) in [7, 11) is 4.12. The minimum Gasteiger partial charge on any atom is -0.0622 e. The topological polar surface area (TPSA) is 26.4 Å². The van der Waals surface area contributed by atoms with Crippen molar-refractivity contribution in [2.75, 3.05) is 29.6 Å². The van der Waals surface area contributed by atoms with E-state index in [0.29, 0.717) is 0 Å². The molecule has 1 aliphatic heterocycles. The third kappa shape index (κ3) is 9.65. The molecule has 0 N–H and O–H groups in total. The summed E-state index contributed by atoms with van der Waals surface area (Å²) in [6.07, 6.45) is 0. The van der Waals surface area contributed by atoms with Crippen molar-refractivity contribution in [2.24, 2.45) is 0 Å². The van der Waals surface area contributed by atoms with Gasteiger partial charge in [-0.3, -0.25) is 0 Å². The number of aryl methyl sites for hydroxylation is 6. The van der Waals surface area contributed by atoms with Crippen LogP contribution in [0.2, 0.25) is 0 Å². The number of hydrogen-bond acceptors (Lipinski definition) is 2. The first kappa shape index (κ1) is 37.2. The Balaban J connectivity index is 0.000000229. The summed E-state index contributed by atoms with van der Waals surface area (Å²) in [6, 6.07) is 41.5. The molecule has 0 spiro atoms. The number of benzene rings is 5. The van der Waals surface area contributed by atoms with Gasteiger partial charge in [0, 0.05) is 24.5 Å². The van der Waals surface area contributed by atoms with Crippen LogP contribution >= 0.6 is 17.6 Å². The molecule has 0 amide bonds. The molecule has 1 fully saturated rings. The number of nitrogens with zero attached hydrogens (tertiary/aromatic N) is 2. The second kappa shape index (κ2) is 18.8. The van der Waals surface area contributed by atoms with E-state index in [1.165, 1.54) is 60.7 Å². The van der Waals surface area contributed by atoms with Gasteiger partial charge in [-0.25, -0.2) is 0 Å². The summed E-state index contributed by atoms with van der Waals surface area (Å²) < 4.78 is 7.50. The Labute approximate surface area is 291 Å². The average Bonchev–Trinajstić information content (AvgIpc) is 3.53. The SMILES string of the molecule is Cc1cc(C)c(N2CCN(c3c(C)cc(C)cc3C)C2)c(C)c1.[C-]#[O+].[Cl][Ru].c1ccc(P(c2ccccc2)c2ccccc2)cc1. The maximum atomic E-state index is 7.50. The van der Waals surface area contributed by atoms with E-state index in [-0.39, 0.29) is 0 Å². The predicted molar refractivity (Wildman–Crippen MR) is 196 cm³/mol. The standard InChI is InChI=1S/C21H28N2.C18H15P.CO.ClH.Ru/c1-14-9-16(3)20(17(4)10-14)22-7-8-23(13-22)21-18(5)11-15(2)12-19(21)6;1-4-10-16(11-5-1)19(17-12-6-2-7-13-17)18-14-8-3-9-15-18;1-2;;/h9-12H,7-8,13H2,1-6H3;1-15H;;1H;/q;;;;+1/p-1. The Kier molecular flexibility index (Phi) is 15.2. The second-order valence-electron chi connectivity index (χ2n) is 11.5. The van der Waals surface area contributed by atoms with E-state index in [0.717, 1.165) is 19.8 Å². The van der Waals surface area contributed by atoms with Crippen LogP contribution in [-0.2, 0) is 22.0 Å². The largest absolute Gasteiger partial charge is 0.0622 e. The molecule has 6 heteroatoms. The first-order valence-electron chi connectivity index (χ1n) is 15.3. The number of anilines is 2. The monoisotopic (exact) mass is 735 g/mol. The summed E-state index contributed by atoms with van der Waals surface area (Å²) in [5.74, 6) is 0. The fourth-order valence-corrected chi connectivity index (χ4v) is 8.78. The van der Waals surface area contributed by atoms with Crippen molar-refractivity contribution in [1.29, 1.82) is 0 Å². The molecule has 0 aromatic heterocycles. The molecule has 239 valence electrons. The van der Waals surface area contributed by atoms with E-state index < -0.39 is 7.92 Å². The van der Waals surface area contributed by atoms with E-state index in [9.17, 15) is 0 Å². The van der Waals surface area contributed by atoms with E-state index in [1.54, 1.807) is 0 Å². The Morgan fingerprint density at radius 3 is 1.04 bits per heavy atom. The van der Waals surface area contributed by atoms with Crippen molar-refractivity contribution < 1.29 is 22.0 Å². The first-order chi connectivity index (χ1) is 22.3. The van der Waals surface area contributed by atoms with E-state index >= 15 is 0 Å². The second-order valence-corrected chi connectivity index (χ2v) is 13.7. The molecule has 1 heterocycles. The molecule has 0 unspecified atom stereocenters. The number of rotatable bonds is 5. The maximum Gasteiger partial charge on any atom is -0.0134 e. The quantitative estimate of drug-likeness (QED) is 0.0781. The van der Waals surface area contributed by atoms with Crippen molar-refractivity contribution in [3.8, 4) is 0 Å². The molecule has 3 nitrogen and oxygen atoms in total. The summed E-state index contributed by atoms with van der Waals surface area (Å²) >= 11 is 1.82. The molecular formula is C40H43ClN2OPRu. The fourth-order valence-electron chi connectivity index (χ4n) is 6.47. The molecule has 6 rings (SSSR count). The van der Waals surface area contributed by atoms with E-state index in [1.807, 2.05) is 17.3 Å². The zero-order chi connectivity index (χ0) is 33.6. The summed E-state index contributed by atoms with van der Waals surface area (Å²) in [5, 5.41) is 4.19. The predicted octanol–water partition coefficient (Wildman–Crippen LogP) is 8.92. The number of hydrogen-bond donors (Lipinski definition) is 0. The van der Waals surface area contributed by atoms with Crippen molar-refractivity contribution >= 4 is 44.9 Å². The molecule has 0 saturated carbocycles. The summed E-state index contributed by atoms with van der Waals surface area (Å²) in [6.45, 7) is 21.0. The van der Waals surface area contributed by atoms with Gasteiger partial charge in [0.15, 0.2) is 0 Å². The molecule has 1 aliphatic rings. The minimum absolute atomic E-state index is 0.446. The van der Waals surface area contributed by atoms with Crippen LogP contribution in [0.5, 0.6) is 0 Å². The van der Waals surface area contributed by atoms with Gasteiger partial charge in [-0.1, -0.05) is 126 Å². The molecule has 5 aromatic rings. The van der Waals surface area contributed by atoms with Crippen molar-refractivity contribution in [2.45, 2.75) is 41.5 Å². The van der Waals surface area contributed by atoms with Gasteiger partial charge in [0.2, 0.25) is 0 Å². The van der Waals surface area contributed by atoms with E-state index in [4.69, 9.17) is 4.65 Å². The molecule has 0 atom stereocenters. The van der Waals surface area contributed by atoms with Gasteiger partial charge in [0.05, 0.1) is 6.67 Å². The van der Waals surface area contributed by atoms with Crippen LogP contribution in [-0.4, -0.2) is 19.8 Å². The van der Waals surface area contributed by atoms with Crippen LogP contribution in [0.4, 0.5) is 11.4 Å². The molecule has 1 saturated heterocycles. The van der Waals surface area contributed by atoms with Gasteiger partial charge in [0.25, 0.3) is 0 Å². The molecular weight excluding hydrogens is 692 g/mol. The first-order valence-corrected chi connectivity index (χ1v) is 18.8. The number of halogens is 1. The van der Waals surface area contributed by atoms with Gasteiger partial charge in [-0.15, -0.1) is 0 Å². The average molecular weight is 735 g/mol. The molecule has 0 bridgehead atoms. The Morgan fingerprint density at radius 2 is 0.783 bits per heavy atom. The van der Waals surface area contributed by atoms with Gasteiger partial charge < -0.3 is 9.80 Å². The third-order valence-electron chi connectivity index (χ3n) is 7.93. The fraction of sp³-hybridized carbons (Fsp3) is 0.225. The molecule has 5 aromatic carbocycles. The van der Waals surface area contributed by atoms with Gasteiger partial charge >= 0.3 is 38.3 Å². The normalized spacial score (nSPS) is 11.9. The Hall–Kier alpha value is -3.22. The van der Waals surface area contributed by atoms with Crippen LogP contribution < -0.4 is 25.7 Å². The zero-order valence-electron chi connectivity index (χ0n) is 27.6. The zero-order valence-corrected chi connectivity index (χ0v) is 31.0. The van der Waals surface area contributed by atoms with Crippen LogP contribution in [0.3, 0.4) is 0 Å². The molecule has 0 aliphatic carbocycles. The van der Waals surface area contributed by atoms with Crippen molar-refractivity contribution in [1.82, 2.24) is 0 Å². The maximum absolute atomic E-state index is 7.50. The van der Waals surface area contributed by atoms with Gasteiger partial charge in [-0.2, -0.15) is 0 Å². The van der Waals surface area contributed by atoms with E-state index in [2.05, 4.69) is 183 Å². The minimum atomic E-state index is -0.446. The summed E-state index contributed by atoms with van der Waals surface area (Å²) in [5.41, 5.74) is 11.1. The van der Waals surface area contributed by atoms with Crippen LogP contribution in [0.1, 0.15) is 33.4 Å². The van der Waals surface area contributed by atoms with Crippen molar-refractivity contribution in [3.05, 3.63) is 155 Å². The molecule has 46 heavy (non-hydrogen) atoms. The smallest absolute Gasteiger partial charge is 0.0134 e. The van der Waals surface area contributed by atoms with Crippen LogP contribution in [0, 0.1) is 48.2 Å². The van der Waals surface area contributed by atoms with Crippen LogP contribution in [0.25, 0.3) is 0 Å².